The molecule has 3 N–H and O–H groups in total. The molecule has 1 aromatic carbocycles. The number of rotatable bonds is 5. The molecule has 0 aliphatic carbocycles. The van der Waals surface area contributed by atoms with Crippen LogP contribution in [0.4, 0.5) is 17.6 Å². The van der Waals surface area contributed by atoms with Crippen LogP contribution in [-0.4, -0.2) is 21.6 Å². The summed E-state index contributed by atoms with van der Waals surface area (Å²) in [5.41, 5.74) is 6.51. The highest BCUT2D eigenvalue weighted by molar-refractivity contribution is 14.1. The summed E-state index contributed by atoms with van der Waals surface area (Å²) in [6.45, 7) is 2.56. The Kier molecular flexibility index (Phi) is 4.72. The van der Waals surface area contributed by atoms with Crippen molar-refractivity contribution in [1.82, 2.24) is 15.0 Å². The van der Waals surface area contributed by atoms with Gasteiger partial charge in [-0.25, -0.2) is 0 Å². The van der Waals surface area contributed by atoms with Gasteiger partial charge >= 0.3 is 6.01 Å². The van der Waals surface area contributed by atoms with Crippen molar-refractivity contribution in [3.63, 3.8) is 0 Å². The predicted molar refractivity (Wildman–Crippen MR) is 82.5 cm³/mol. The lowest BCUT2D eigenvalue weighted by atomic mass is 10.3. The van der Waals surface area contributed by atoms with Crippen molar-refractivity contribution < 1.29 is 4.74 Å². The Labute approximate surface area is 125 Å². The van der Waals surface area contributed by atoms with E-state index in [4.69, 9.17) is 10.5 Å². The van der Waals surface area contributed by atoms with Gasteiger partial charge < -0.3 is 15.8 Å². The first kappa shape index (κ1) is 13.8. The number of benzene rings is 1. The van der Waals surface area contributed by atoms with Crippen molar-refractivity contribution in [2.45, 2.75) is 13.3 Å². The fourth-order valence-electron chi connectivity index (χ4n) is 1.35. The van der Waals surface area contributed by atoms with E-state index < -0.39 is 0 Å². The minimum Gasteiger partial charge on any atom is -0.463 e. The molecule has 0 unspecified atom stereocenters. The second-order valence-electron chi connectivity index (χ2n) is 3.78. The van der Waals surface area contributed by atoms with Gasteiger partial charge in [-0.3, -0.25) is 0 Å². The van der Waals surface area contributed by atoms with Gasteiger partial charge in [0.2, 0.25) is 11.9 Å². The quantitative estimate of drug-likeness (QED) is 0.786. The van der Waals surface area contributed by atoms with Gasteiger partial charge in [-0.2, -0.15) is 15.0 Å². The van der Waals surface area contributed by atoms with E-state index in [9.17, 15) is 0 Å². The Morgan fingerprint density at radius 3 is 2.63 bits per heavy atom. The SMILES string of the molecule is CCCOc1nc(N)nc(Nc2ccc(I)cc2)n1. The van der Waals surface area contributed by atoms with Crippen LogP contribution >= 0.6 is 22.6 Å². The summed E-state index contributed by atoms with van der Waals surface area (Å²) in [6, 6.07) is 8.09. The van der Waals surface area contributed by atoms with E-state index in [1.54, 1.807) is 0 Å². The number of nitrogens with one attached hydrogen (secondary N) is 1. The molecule has 0 bridgehead atoms. The third-order valence-electron chi connectivity index (χ3n) is 2.17. The smallest absolute Gasteiger partial charge is 0.323 e. The molecule has 100 valence electrons. The van der Waals surface area contributed by atoms with Crippen molar-refractivity contribution in [2.75, 3.05) is 17.7 Å². The first-order valence-electron chi connectivity index (χ1n) is 5.84. The highest BCUT2D eigenvalue weighted by atomic mass is 127. The first-order valence-corrected chi connectivity index (χ1v) is 6.92. The van der Waals surface area contributed by atoms with Crippen LogP contribution in [0.15, 0.2) is 24.3 Å². The molecule has 0 atom stereocenters. The van der Waals surface area contributed by atoms with Gasteiger partial charge in [0, 0.05) is 9.26 Å². The second-order valence-corrected chi connectivity index (χ2v) is 5.03. The lowest BCUT2D eigenvalue weighted by Gasteiger charge is -2.07. The molecule has 1 aromatic heterocycles. The zero-order valence-electron chi connectivity index (χ0n) is 10.4. The molecule has 7 heteroatoms. The Morgan fingerprint density at radius 2 is 1.95 bits per heavy atom. The minimum absolute atomic E-state index is 0.133. The zero-order chi connectivity index (χ0) is 13.7. The van der Waals surface area contributed by atoms with Crippen molar-refractivity contribution in [3.8, 4) is 6.01 Å². The van der Waals surface area contributed by atoms with Crippen LogP contribution in [0.5, 0.6) is 6.01 Å². The van der Waals surface area contributed by atoms with Crippen LogP contribution in [0.3, 0.4) is 0 Å². The molecule has 0 saturated carbocycles. The minimum atomic E-state index is 0.133. The van der Waals surface area contributed by atoms with Crippen LogP contribution in [0.1, 0.15) is 13.3 Å². The number of aromatic nitrogens is 3. The maximum atomic E-state index is 5.63. The van der Waals surface area contributed by atoms with Gasteiger partial charge in [0.25, 0.3) is 0 Å². The Morgan fingerprint density at radius 1 is 1.21 bits per heavy atom. The average Bonchev–Trinajstić information content (AvgIpc) is 2.38. The fraction of sp³-hybridized carbons (Fsp3) is 0.250. The Hall–Kier alpha value is -1.64. The van der Waals surface area contributed by atoms with Crippen molar-refractivity contribution >= 4 is 40.2 Å². The Balaban J connectivity index is 2.15. The zero-order valence-corrected chi connectivity index (χ0v) is 12.6. The standard InChI is InChI=1S/C12H14IN5O/c1-2-7-19-12-17-10(14)16-11(18-12)15-9-5-3-8(13)4-6-9/h3-6H,2,7H2,1H3,(H3,14,15,16,17,18). The van der Waals surface area contributed by atoms with Gasteiger partial charge in [0.1, 0.15) is 0 Å². The lowest BCUT2D eigenvalue weighted by Crippen LogP contribution is -2.07. The van der Waals surface area contributed by atoms with Gasteiger partial charge in [-0.1, -0.05) is 6.92 Å². The monoisotopic (exact) mass is 371 g/mol. The van der Waals surface area contributed by atoms with Crippen molar-refractivity contribution in [3.05, 3.63) is 27.8 Å². The predicted octanol–water partition coefficient (Wildman–Crippen LogP) is 2.59. The molecule has 19 heavy (non-hydrogen) atoms. The maximum Gasteiger partial charge on any atom is 0.323 e. The van der Waals surface area contributed by atoms with Gasteiger partial charge in [0.15, 0.2) is 0 Å². The molecule has 6 nitrogen and oxygen atoms in total. The summed E-state index contributed by atoms with van der Waals surface area (Å²) in [7, 11) is 0. The summed E-state index contributed by atoms with van der Waals surface area (Å²) in [5, 5.41) is 3.06. The number of nitrogens with zero attached hydrogens (tertiary/aromatic N) is 3. The fourth-order valence-corrected chi connectivity index (χ4v) is 1.71. The van der Waals surface area contributed by atoms with Crippen molar-refractivity contribution in [2.24, 2.45) is 0 Å². The number of ether oxygens (including phenoxy) is 1. The number of hydrogen-bond acceptors (Lipinski definition) is 6. The maximum absolute atomic E-state index is 5.63. The largest absolute Gasteiger partial charge is 0.463 e. The molecule has 0 radical (unpaired) electrons. The van der Waals surface area contributed by atoms with Crippen LogP contribution in [0.25, 0.3) is 0 Å². The molecule has 0 aliphatic rings. The Bertz CT molecular complexity index is 546. The average molecular weight is 371 g/mol. The third-order valence-corrected chi connectivity index (χ3v) is 2.89. The number of hydrogen-bond donors (Lipinski definition) is 2. The second kappa shape index (κ2) is 6.50. The van der Waals surface area contributed by atoms with E-state index in [0.29, 0.717) is 12.6 Å². The molecule has 0 amide bonds. The van der Waals surface area contributed by atoms with E-state index >= 15 is 0 Å². The van der Waals surface area contributed by atoms with Crippen LogP contribution in [0, 0.1) is 3.57 Å². The van der Waals surface area contributed by atoms with Gasteiger partial charge in [0.05, 0.1) is 6.61 Å². The lowest BCUT2D eigenvalue weighted by molar-refractivity contribution is 0.292. The summed E-state index contributed by atoms with van der Waals surface area (Å²) in [4.78, 5) is 12.1. The summed E-state index contributed by atoms with van der Waals surface area (Å²) >= 11 is 2.24. The van der Waals surface area contributed by atoms with Gasteiger partial charge in [-0.05, 0) is 53.3 Å². The summed E-state index contributed by atoms with van der Waals surface area (Å²) in [5.74, 6) is 0.508. The van der Waals surface area contributed by atoms with E-state index in [-0.39, 0.29) is 12.0 Å². The topological polar surface area (TPSA) is 86.0 Å². The number of anilines is 3. The molecule has 0 saturated heterocycles. The van der Waals surface area contributed by atoms with Crippen LogP contribution < -0.4 is 15.8 Å². The van der Waals surface area contributed by atoms with E-state index in [0.717, 1.165) is 15.7 Å². The normalized spacial score (nSPS) is 10.2. The number of nitrogen functional groups attached to an aromatic ring is 1. The molecule has 0 spiro atoms. The molecule has 1 heterocycles. The number of halogens is 1. The summed E-state index contributed by atoms with van der Waals surface area (Å²) in [6.07, 6.45) is 0.880. The highest BCUT2D eigenvalue weighted by Gasteiger charge is 2.05. The summed E-state index contributed by atoms with van der Waals surface area (Å²) < 4.78 is 6.51. The van der Waals surface area contributed by atoms with E-state index in [1.807, 2.05) is 31.2 Å². The molecular weight excluding hydrogens is 357 g/mol. The van der Waals surface area contributed by atoms with E-state index in [2.05, 4.69) is 42.9 Å². The van der Waals surface area contributed by atoms with Crippen LogP contribution in [0.2, 0.25) is 0 Å². The van der Waals surface area contributed by atoms with E-state index in [1.165, 1.54) is 0 Å². The number of nitrogens with two attached hydrogens (primary N) is 1. The molecule has 0 aliphatic heterocycles. The third kappa shape index (κ3) is 4.19. The molecule has 0 fully saturated rings. The van der Waals surface area contributed by atoms with Gasteiger partial charge in [-0.15, -0.1) is 0 Å². The molecular formula is C12H14IN5O. The molecule has 2 aromatic rings. The highest BCUT2D eigenvalue weighted by Crippen LogP contribution is 2.17. The molecule has 2 rings (SSSR count). The first-order chi connectivity index (χ1) is 9.17. The van der Waals surface area contributed by atoms with Crippen molar-refractivity contribution in [1.29, 1.82) is 0 Å². The van der Waals surface area contributed by atoms with Crippen LogP contribution in [-0.2, 0) is 0 Å².